The van der Waals surface area contributed by atoms with Crippen molar-refractivity contribution in [2.75, 3.05) is 0 Å². The Morgan fingerprint density at radius 2 is 2.04 bits per heavy atom. The number of rotatable bonds is 4. The fourth-order valence-corrected chi connectivity index (χ4v) is 3.70. The van der Waals surface area contributed by atoms with E-state index in [9.17, 15) is 0 Å². The highest BCUT2D eigenvalue weighted by atomic mass is 79.9. The highest BCUT2D eigenvalue weighted by Gasteiger charge is 2.15. The number of hydrogen-bond acceptors (Lipinski definition) is 6. The Bertz CT molecular complexity index is 975. The van der Waals surface area contributed by atoms with E-state index in [1.54, 1.807) is 16.0 Å². The lowest BCUT2D eigenvalue weighted by molar-refractivity contribution is 0.366. The molecule has 0 bridgehead atoms. The number of halogens is 1. The van der Waals surface area contributed by atoms with Gasteiger partial charge in [0.2, 0.25) is 11.7 Å². The molecule has 0 spiro atoms. The van der Waals surface area contributed by atoms with E-state index in [4.69, 9.17) is 4.52 Å². The number of aromatic nitrogens is 5. The summed E-state index contributed by atoms with van der Waals surface area (Å²) in [5.41, 5.74) is 1.00. The highest BCUT2D eigenvalue weighted by Crippen LogP contribution is 2.28. The Balaban J connectivity index is 1.64. The molecule has 4 aromatic rings. The highest BCUT2D eigenvalue weighted by molar-refractivity contribution is 9.10. The molecule has 0 fully saturated rings. The lowest BCUT2D eigenvalue weighted by Gasteiger charge is -2.02. The number of thiophene rings is 1. The zero-order chi connectivity index (χ0) is 16.5. The minimum Gasteiger partial charge on any atom is -0.337 e. The minimum atomic E-state index is 0.380. The molecule has 0 unspecified atom stereocenters. The van der Waals surface area contributed by atoms with Crippen LogP contribution >= 0.6 is 27.3 Å². The van der Waals surface area contributed by atoms with E-state index in [-0.39, 0.29) is 0 Å². The zero-order valence-corrected chi connectivity index (χ0v) is 15.1. The van der Waals surface area contributed by atoms with Crippen LogP contribution in [0.15, 0.2) is 50.8 Å². The van der Waals surface area contributed by atoms with Gasteiger partial charge in [0.25, 0.3) is 0 Å². The maximum Gasteiger partial charge on any atom is 0.248 e. The van der Waals surface area contributed by atoms with Crippen molar-refractivity contribution < 1.29 is 4.52 Å². The molecule has 4 rings (SSSR count). The van der Waals surface area contributed by atoms with Crippen molar-refractivity contribution in [2.45, 2.75) is 13.5 Å². The maximum absolute atomic E-state index is 5.37. The summed E-state index contributed by atoms with van der Waals surface area (Å²) in [4.78, 5) is 9.91. The first kappa shape index (κ1) is 15.2. The fraction of sp³-hybridized carbons (Fsp3) is 0.125. The predicted molar refractivity (Wildman–Crippen MR) is 94.6 cm³/mol. The molecule has 6 nitrogen and oxygen atoms in total. The molecule has 0 aliphatic rings. The molecule has 8 heteroatoms. The van der Waals surface area contributed by atoms with Crippen molar-refractivity contribution >= 4 is 27.3 Å². The third kappa shape index (κ3) is 3.02. The molecule has 0 radical (unpaired) electrons. The van der Waals surface area contributed by atoms with E-state index in [2.05, 4.69) is 36.2 Å². The molecular weight excluding hydrogens is 390 g/mol. The molecule has 0 amide bonds. The first-order valence-electron chi connectivity index (χ1n) is 7.23. The second-order valence-electron chi connectivity index (χ2n) is 5.15. The molecule has 3 heterocycles. The molecule has 0 saturated carbocycles. The van der Waals surface area contributed by atoms with Crippen LogP contribution in [0.2, 0.25) is 0 Å². The van der Waals surface area contributed by atoms with Gasteiger partial charge in [0, 0.05) is 15.4 Å². The second-order valence-corrected chi connectivity index (χ2v) is 6.97. The van der Waals surface area contributed by atoms with Crippen molar-refractivity contribution in [3.05, 3.63) is 58.0 Å². The van der Waals surface area contributed by atoms with E-state index in [1.807, 2.05) is 48.7 Å². The second kappa shape index (κ2) is 6.29. The van der Waals surface area contributed by atoms with Gasteiger partial charge < -0.3 is 4.52 Å². The summed E-state index contributed by atoms with van der Waals surface area (Å²) in [7, 11) is 0. The number of hydrogen-bond donors (Lipinski definition) is 0. The molecule has 120 valence electrons. The van der Waals surface area contributed by atoms with Gasteiger partial charge in [0.15, 0.2) is 5.82 Å². The summed E-state index contributed by atoms with van der Waals surface area (Å²) in [5, 5.41) is 10.5. The Morgan fingerprint density at radius 3 is 2.79 bits per heavy atom. The number of nitrogens with zero attached hydrogens (tertiary/aromatic N) is 5. The van der Waals surface area contributed by atoms with Gasteiger partial charge in [-0.05, 0) is 28.9 Å². The van der Waals surface area contributed by atoms with Gasteiger partial charge in [0.1, 0.15) is 12.4 Å². The van der Waals surface area contributed by atoms with Crippen LogP contribution in [0.1, 0.15) is 11.7 Å². The minimum absolute atomic E-state index is 0.380. The fourth-order valence-electron chi connectivity index (χ4n) is 2.34. The smallest absolute Gasteiger partial charge is 0.248 e. The van der Waals surface area contributed by atoms with E-state index in [0.29, 0.717) is 24.1 Å². The topological polar surface area (TPSA) is 69.6 Å². The predicted octanol–water partition coefficient (Wildman–Crippen LogP) is 4.18. The van der Waals surface area contributed by atoms with Crippen LogP contribution in [0.25, 0.3) is 22.1 Å². The maximum atomic E-state index is 5.37. The van der Waals surface area contributed by atoms with Crippen LogP contribution in [0, 0.1) is 6.92 Å². The lowest BCUT2D eigenvalue weighted by Crippen LogP contribution is -2.04. The van der Waals surface area contributed by atoms with Gasteiger partial charge in [-0.2, -0.15) is 10.1 Å². The van der Waals surface area contributed by atoms with Crippen molar-refractivity contribution in [3.63, 3.8) is 0 Å². The molecule has 0 aliphatic carbocycles. The molecule has 0 atom stereocenters. The zero-order valence-electron chi connectivity index (χ0n) is 12.7. The average molecular weight is 402 g/mol. The van der Waals surface area contributed by atoms with Crippen molar-refractivity contribution in [1.29, 1.82) is 0 Å². The quantitative estimate of drug-likeness (QED) is 0.512. The Labute approximate surface area is 150 Å². The lowest BCUT2D eigenvalue weighted by atomic mass is 10.2. The van der Waals surface area contributed by atoms with Crippen molar-refractivity contribution in [1.82, 2.24) is 24.9 Å². The van der Waals surface area contributed by atoms with Gasteiger partial charge >= 0.3 is 0 Å². The van der Waals surface area contributed by atoms with E-state index < -0.39 is 0 Å². The molecule has 1 aromatic carbocycles. The average Bonchev–Trinajstić information content (AvgIpc) is 3.29. The van der Waals surface area contributed by atoms with Gasteiger partial charge in [-0.25, -0.2) is 9.67 Å². The largest absolute Gasteiger partial charge is 0.337 e. The van der Waals surface area contributed by atoms with Gasteiger partial charge in [-0.3, -0.25) is 0 Å². The van der Waals surface area contributed by atoms with Crippen molar-refractivity contribution in [3.8, 4) is 22.1 Å². The Morgan fingerprint density at radius 1 is 1.21 bits per heavy atom. The van der Waals surface area contributed by atoms with Crippen LogP contribution in [0.3, 0.4) is 0 Å². The van der Waals surface area contributed by atoms with Crippen LogP contribution < -0.4 is 0 Å². The molecule has 0 saturated heterocycles. The summed E-state index contributed by atoms with van der Waals surface area (Å²) in [5.74, 6) is 2.57. The Hall–Kier alpha value is -2.32. The summed E-state index contributed by atoms with van der Waals surface area (Å²) in [6.45, 7) is 2.25. The summed E-state index contributed by atoms with van der Waals surface area (Å²) < 4.78 is 8.16. The van der Waals surface area contributed by atoms with Gasteiger partial charge in [0.05, 0.1) is 4.88 Å². The molecule has 0 N–H and O–H groups in total. The molecule has 3 aromatic heterocycles. The molecule has 0 aliphatic heterocycles. The van der Waals surface area contributed by atoms with Gasteiger partial charge in [-0.15, -0.1) is 11.3 Å². The summed E-state index contributed by atoms with van der Waals surface area (Å²) in [6.07, 6.45) is 0. The third-order valence-corrected chi connectivity index (χ3v) is 5.04. The third-order valence-electron chi connectivity index (χ3n) is 3.35. The summed E-state index contributed by atoms with van der Waals surface area (Å²) in [6, 6.07) is 11.9. The van der Waals surface area contributed by atoms with E-state index in [1.165, 1.54) is 0 Å². The number of benzene rings is 1. The number of aryl methyl sites for hydroxylation is 1. The van der Waals surface area contributed by atoms with Gasteiger partial charge in [-0.1, -0.05) is 35.5 Å². The first-order valence-corrected chi connectivity index (χ1v) is 8.90. The normalized spacial score (nSPS) is 11.1. The van der Waals surface area contributed by atoms with Crippen LogP contribution in [-0.2, 0) is 6.54 Å². The summed E-state index contributed by atoms with van der Waals surface area (Å²) >= 11 is 4.99. The van der Waals surface area contributed by atoms with Crippen LogP contribution in [-0.4, -0.2) is 24.9 Å². The van der Waals surface area contributed by atoms with E-state index in [0.717, 1.165) is 20.7 Å². The van der Waals surface area contributed by atoms with Crippen molar-refractivity contribution in [2.24, 2.45) is 0 Å². The molecular formula is C16H12BrN5OS. The van der Waals surface area contributed by atoms with Crippen LogP contribution in [0.5, 0.6) is 0 Å². The first-order chi connectivity index (χ1) is 11.7. The monoisotopic (exact) mass is 401 g/mol. The van der Waals surface area contributed by atoms with Crippen LogP contribution in [0.4, 0.5) is 0 Å². The Kier molecular flexibility index (Phi) is 3.99. The SMILES string of the molecule is Cc1nc(-c2ccccc2)n(Cc2nc(-c3cc(Br)cs3)no2)n1. The molecule has 24 heavy (non-hydrogen) atoms. The van der Waals surface area contributed by atoms with E-state index >= 15 is 0 Å². The standard InChI is InChI=1S/C16H12BrN5OS/c1-10-18-16(11-5-3-2-4-6-11)22(20-10)8-14-19-15(21-23-14)13-7-12(17)9-24-13/h2-7,9H,8H2,1H3.